The first-order valence-corrected chi connectivity index (χ1v) is 10.5. The molecule has 5 nitrogen and oxygen atoms in total. The summed E-state index contributed by atoms with van der Waals surface area (Å²) in [4.78, 5) is 23.9. The van der Waals surface area contributed by atoms with Crippen LogP contribution in [0, 0.1) is 6.92 Å². The van der Waals surface area contributed by atoms with Crippen LogP contribution < -0.4 is 5.32 Å². The first kappa shape index (κ1) is 19.1. The average Bonchev–Trinajstić information content (AvgIpc) is 3.33. The Morgan fingerprint density at radius 1 is 1.36 bits per heavy atom. The molecule has 3 aromatic rings. The highest BCUT2D eigenvalue weighted by Gasteiger charge is 2.28. The minimum absolute atomic E-state index is 0.197. The number of hydrogen-bond donors (Lipinski definition) is 1. The van der Waals surface area contributed by atoms with Gasteiger partial charge >= 0.3 is 0 Å². The number of aryl methyl sites for hydroxylation is 1. The Bertz CT molecular complexity index is 973. The van der Waals surface area contributed by atoms with Crippen molar-refractivity contribution >= 4 is 34.0 Å². The fraction of sp³-hybridized carbons (Fsp3) is 0.286. The predicted octanol–water partition coefficient (Wildman–Crippen LogP) is 5.09. The van der Waals surface area contributed by atoms with Crippen LogP contribution in [0.3, 0.4) is 0 Å². The van der Waals surface area contributed by atoms with E-state index < -0.39 is 0 Å². The van der Waals surface area contributed by atoms with Gasteiger partial charge in [0.25, 0.3) is 5.91 Å². The molecule has 0 bridgehead atoms. The summed E-state index contributed by atoms with van der Waals surface area (Å²) in [5.41, 5.74) is 3.78. The summed E-state index contributed by atoms with van der Waals surface area (Å²) < 4.78 is 0. The molecule has 7 heteroatoms. The molecule has 1 aliphatic heterocycles. The average molecular weight is 413 g/mol. The van der Waals surface area contributed by atoms with Gasteiger partial charge in [-0.05, 0) is 56.1 Å². The van der Waals surface area contributed by atoms with Gasteiger partial charge in [-0.3, -0.25) is 20.0 Å². The van der Waals surface area contributed by atoms with Crippen molar-refractivity contribution in [1.29, 1.82) is 0 Å². The number of amides is 1. The number of pyridine rings is 1. The molecule has 0 radical (unpaired) electrons. The number of carbonyl (C=O) groups excluding carboxylic acids is 1. The van der Waals surface area contributed by atoms with Crippen LogP contribution in [0.15, 0.2) is 48.0 Å². The molecular weight excluding hydrogens is 392 g/mol. The maximum atomic E-state index is 12.4. The number of aromatic nitrogens is 2. The predicted molar refractivity (Wildman–Crippen MR) is 113 cm³/mol. The van der Waals surface area contributed by atoms with Crippen LogP contribution in [0.1, 0.15) is 46.2 Å². The lowest BCUT2D eigenvalue weighted by Crippen LogP contribution is -2.23. The van der Waals surface area contributed by atoms with E-state index in [1.165, 1.54) is 16.9 Å². The summed E-state index contributed by atoms with van der Waals surface area (Å²) in [7, 11) is 0. The summed E-state index contributed by atoms with van der Waals surface area (Å²) >= 11 is 7.43. The van der Waals surface area contributed by atoms with Crippen LogP contribution in [-0.4, -0.2) is 27.3 Å². The first-order chi connectivity index (χ1) is 13.6. The lowest BCUT2D eigenvalue weighted by molar-refractivity contribution is 0.102. The first-order valence-electron chi connectivity index (χ1n) is 9.26. The van der Waals surface area contributed by atoms with Gasteiger partial charge in [0.15, 0.2) is 5.13 Å². The molecule has 1 fully saturated rings. The van der Waals surface area contributed by atoms with Gasteiger partial charge in [0.05, 0.1) is 11.7 Å². The van der Waals surface area contributed by atoms with Crippen molar-refractivity contribution in [2.45, 2.75) is 32.4 Å². The van der Waals surface area contributed by atoms with E-state index in [1.807, 2.05) is 24.6 Å². The highest BCUT2D eigenvalue weighted by molar-refractivity contribution is 7.14. The molecule has 1 atom stereocenters. The van der Waals surface area contributed by atoms with E-state index in [2.05, 4.69) is 26.3 Å². The second kappa shape index (κ2) is 8.39. The monoisotopic (exact) mass is 412 g/mol. The third-order valence-electron chi connectivity index (χ3n) is 4.89. The third-order valence-corrected chi connectivity index (χ3v) is 5.90. The normalized spacial score (nSPS) is 17.0. The summed E-state index contributed by atoms with van der Waals surface area (Å²) in [5.74, 6) is -0.197. The molecule has 1 unspecified atom stereocenters. The maximum Gasteiger partial charge on any atom is 0.257 e. The van der Waals surface area contributed by atoms with Crippen LogP contribution in [-0.2, 0) is 6.54 Å². The second-order valence-electron chi connectivity index (χ2n) is 6.98. The molecule has 1 saturated heterocycles. The molecule has 144 valence electrons. The maximum absolute atomic E-state index is 12.4. The van der Waals surface area contributed by atoms with Gasteiger partial charge in [-0.15, -0.1) is 11.3 Å². The minimum atomic E-state index is -0.197. The standard InChI is InChI=1S/C21H21ClN4OS/c1-14-7-8-15(11-23-14)12-26-9-3-6-19(26)18-13-28-21(24-18)25-20(27)16-4-2-5-17(22)10-16/h2,4-5,7-8,10-11,13,19H,3,6,9,12H2,1H3,(H,24,25,27). The zero-order chi connectivity index (χ0) is 19.5. The molecule has 1 amide bonds. The van der Waals surface area contributed by atoms with E-state index in [4.69, 9.17) is 11.6 Å². The van der Waals surface area contributed by atoms with Crippen molar-refractivity contribution in [2.75, 3.05) is 11.9 Å². The van der Waals surface area contributed by atoms with Crippen LogP contribution in [0.5, 0.6) is 0 Å². The van der Waals surface area contributed by atoms with Gasteiger partial charge in [0, 0.05) is 34.4 Å². The number of carbonyl (C=O) groups is 1. The van der Waals surface area contributed by atoms with Crippen molar-refractivity contribution in [1.82, 2.24) is 14.9 Å². The molecule has 0 saturated carbocycles. The number of hydrogen-bond acceptors (Lipinski definition) is 5. The number of nitrogens with zero attached hydrogens (tertiary/aromatic N) is 3. The van der Waals surface area contributed by atoms with Gasteiger partial charge in [0.2, 0.25) is 0 Å². The van der Waals surface area contributed by atoms with Crippen molar-refractivity contribution in [3.63, 3.8) is 0 Å². The molecule has 28 heavy (non-hydrogen) atoms. The van der Waals surface area contributed by atoms with Crippen LogP contribution in [0.2, 0.25) is 5.02 Å². The van der Waals surface area contributed by atoms with Gasteiger partial charge < -0.3 is 0 Å². The van der Waals surface area contributed by atoms with Crippen LogP contribution >= 0.6 is 22.9 Å². The van der Waals surface area contributed by atoms with E-state index in [0.29, 0.717) is 15.7 Å². The van der Waals surface area contributed by atoms with E-state index in [0.717, 1.165) is 37.3 Å². The minimum Gasteiger partial charge on any atom is -0.298 e. The molecule has 2 aromatic heterocycles. The fourth-order valence-corrected chi connectivity index (χ4v) is 4.41. The van der Waals surface area contributed by atoms with Crippen molar-refractivity contribution in [3.05, 3.63) is 75.5 Å². The van der Waals surface area contributed by atoms with E-state index in [-0.39, 0.29) is 11.9 Å². The summed E-state index contributed by atoms with van der Waals surface area (Å²) in [6.07, 6.45) is 4.17. The summed E-state index contributed by atoms with van der Waals surface area (Å²) in [6.45, 7) is 3.90. The van der Waals surface area contributed by atoms with Crippen molar-refractivity contribution < 1.29 is 4.79 Å². The quantitative estimate of drug-likeness (QED) is 0.634. The molecule has 1 aromatic carbocycles. The smallest absolute Gasteiger partial charge is 0.257 e. The second-order valence-corrected chi connectivity index (χ2v) is 8.27. The third kappa shape index (κ3) is 4.41. The number of likely N-dealkylation sites (tertiary alicyclic amines) is 1. The number of rotatable bonds is 5. The molecular formula is C21H21ClN4OS. The lowest BCUT2D eigenvalue weighted by Gasteiger charge is -2.23. The zero-order valence-corrected chi connectivity index (χ0v) is 17.1. The zero-order valence-electron chi connectivity index (χ0n) is 15.6. The van der Waals surface area contributed by atoms with Gasteiger partial charge in [-0.25, -0.2) is 4.98 Å². The fourth-order valence-electron chi connectivity index (χ4n) is 3.47. The highest BCUT2D eigenvalue weighted by Crippen LogP contribution is 2.34. The van der Waals surface area contributed by atoms with Gasteiger partial charge in [-0.1, -0.05) is 23.7 Å². The Kier molecular flexibility index (Phi) is 5.71. The van der Waals surface area contributed by atoms with Crippen LogP contribution in [0.25, 0.3) is 0 Å². The molecule has 0 spiro atoms. The Hall–Kier alpha value is -2.28. The van der Waals surface area contributed by atoms with Gasteiger partial charge in [0.1, 0.15) is 0 Å². The van der Waals surface area contributed by atoms with Crippen molar-refractivity contribution in [2.24, 2.45) is 0 Å². The Balaban J connectivity index is 1.44. The number of thiazole rings is 1. The van der Waals surface area contributed by atoms with E-state index in [1.54, 1.807) is 24.3 Å². The molecule has 4 rings (SSSR count). The number of anilines is 1. The van der Waals surface area contributed by atoms with Gasteiger partial charge in [-0.2, -0.15) is 0 Å². The highest BCUT2D eigenvalue weighted by atomic mass is 35.5. The van der Waals surface area contributed by atoms with E-state index in [9.17, 15) is 4.79 Å². The number of benzene rings is 1. The van der Waals surface area contributed by atoms with E-state index >= 15 is 0 Å². The SMILES string of the molecule is Cc1ccc(CN2CCCC2c2csc(NC(=O)c3cccc(Cl)c3)n2)cn1. The summed E-state index contributed by atoms with van der Waals surface area (Å²) in [5, 5.41) is 6.08. The summed E-state index contributed by atoms with van der Waals surface area (Å²) in [6, 6.07) is 11.4. The Morgan fingerprint density at radius 3 is 3.04 bits per heavy atom. The molecule has 1 N–H and O–H groups in total. The van der Waals surface area contributed by atoms with Crippen molar-refractivity contribution in [3.8, 4) is 0 Å². The molecule has 3 heterocycles. The lowest BCUT2D eigenvalue weighted by atomic mass is 10.1. The Labute approximate surface area is 173 Å². The Morgan fingerprint density at radius 2 is 2.25 bits per heavy atom. The largest absolute Gasteiger partial charge is 0.298 e. The van der Waals surface area contributed by atoms with Crippen LogP contribution in [0.4, 0.5) is 5.13 Å². The topological polar surface area (TPSA) is 58.1 Å². The number of nitrogens with one attached hydrogen (secondary N) is 1. The number of halogens is 1. The molecule has 0 aliphatic carbocycles. The molecule has 1 aliphatic rings.